The molecule has 1 N–H and O–H groups in total. The average Bonchev–Trinajstić information content (AvgIpc) is 3.14. The van der Waals surface area contributed by atoms with Crippen molar-refractivity contribution in [3.05, 3.63) is 64.3 Å². The molecule has 0 saturated heterocycles. The zero-order valence-corrected chi connectivity index (χ0v) is 16.3. The molecule has 5 nitrogen and oxygen atoms in total. The van der Waals surface area contributed by atoms with Gasteiger partial charge in [-0.2, -0.15) is 5.10 Å². The Morgan fingerprint density at radius 2 is 1.84 bits per heavy atom. The van der Waals surface area contributed by atoms with Crippen molar-refractivity contribution in [2.45, 2.75) is 37.9 Å². The zero-order valence-electron chi connectivity index (χ0n) is 14.6. The molecule has 0 bridgehead atoms. The van der Waals surface area contributed by atoms with E-state index in [1.807, 2.05) is 55.8 Å². The fourth-order valence-electron chi connectivity index (χ4n) is 2.88. The van der Waals surface area contributed by atoms with Gasteiger partial charge < -0.3 is 0 Å². The molecular weight excluding hydrogens is 354 g/mol. The van der Waals surface area contributed by atoms with Gasteiger partial charge in [-0.1, -0.05) is 18.2 Å². The summed E-state index contributed by atoms with van der Waals surface area (Å²) >= 11 is 1.23. The molecule has 25 heavy (non-hydrogen) atoms. The second-order valence-electron chi connectivity index (χ2n) is 6.12. The van der Waals surface area contributed by atoms with E-state index in [2.05, 4.69) is 9.82 Å². The van der Waals surface area contributed by atoms with Crippen LogP contribution >= 0.6 is 11.3 Å². The highest BCUT2D eigenvalue weighted by Gasteiger charge is 2.24. The quantitative estimate of drug-likeness (QED) is 0.736. The number of hydrogen-bond donors (Lipinski definition) is 1. The largest absolute Gasteiger partial charge is 0.250 e. The maximum Gasteiger partial charge on any atom is 0.250 e. The van der Waals surface area contributed by atoms with Gasteiger partial charge in [-0.3, -0.25) is 0 Å². The lowest BCUT2D eigenvalue weighted by Crippen LogP contribution is -2.27. The molecule has 0 unspecified atom stereocenters. The Bertz CT molecular complexity index is 1000. The van der Waals surface area contributed by atoms with Gasteiger partial charge in [-0.25, -0.2) is 17.8 Å². The highest BCUT2D eigenvalue weighted by atomic mass is 32.2. The van der Waals surface area contributed by atoms with Gasteiger partial charge in [0.05, 0.1) is 11.9 Å². The summed E-state index contributed by atoms with van der Waals surface area (Å²) < 4.78 is 30.2. The van der Waals surface area contributed by atoms with Gasteiger partial charge in [-0.05, 0) is 56.3 Å². The number of thiophene rings is 1. The van der Waals surface area contributed by atoms with Crippen molar-refractivity contribution in [3.8, 4) is 5.69 Å². The minimum absolute atomic E-state index is 0.364. The number of para-hydroxylation sites is 1. The predicted molar refractivity (Wildman–Crippen MR) is 101 cm³/mol. The normalized spacial score (nSPS) is 13.1. The zero-order chi connectivity index (χ0) is 18.2. The lowest BCUT2D eigenvalue weighted by molar-refractivity contribution is 0.568. The van der Waals surface area contributed by atoms with Crippen molar-refractivity contribution in [2.75, 3.05) is 0 Å². The maximum atomic E-state index is 12.6. The van der Waals surface area contributed by atoms with E-state index in [0.29, 0.717) is 4.21 Å². The van der Waals surface area contributed by atoms with Crippen LogP contribution in [0.4, 0.5) is 0 Å². The SMILES string of the molecule is Cc1ccccc1-n1ncc([C@H](C)NS(=O)(=O)c2sccc2C)c1C. The Kier molecular flexibility index (Phi) is 4.81. The smallest absolute Gasteiger partial charge is 0.238 e. The highest BCUT2D eigenvalue weighted by Crippen LogP contribution is 2.26. The van der Waals surface area contributed by atoms with Crippen molar-refractivity contribution in [2.24, 2.45) is 0 Å². The first-order chi connectivity index (χ1) is 11.8. The molecule has 0 radical (unpaired) electrons. The van der Waals surface area contributed by atoms with E-state index >= 15 is 0 Å². The fourth-order valence-corrected chi connectivity index (χ4v) is 5.53. The van der Waals surface area contributed by atoms with Crippen molar-refractivity contribution < 1.29 is 8.42 Å². The Labute approximate surface area is 152 Å². The van der Waals surface area contributed by atoms with Gasteiger partial charge in [0, 0.05) is 17.3 Å². The molecule has 0 aliphatic carbocycles. The van der Waals surface area contributed by atoms with Crippen LogP contribution in [-0.2, 0) is 10.0 Å². The third-order valence-corrected chi connectivity index (χ3v) is 7.48. The van der Waals surface area contributed by atoms with Crippen molar-refractivity contribution in [1.29, 1.82) is 0 Å². The fraction of sp³-hybridized carbons (Fsp3) is 0.278. The van der Waals surface area contributed by atoms with Crippen LogP contribution in [-0.4, -0.2) is 18.2 Å². The molecule has 0 amide bonds. The number of sulfonamides is 1. The van der Waals surface area contributed by atoms with Crippen LogP contribution in [0, 0.1) is 20.8 Å². The second-order valence-corrected chi connectivity index (χ2v) is 8.94. The average molecular weight is 376 g/mol. The lowest BCUT2D eigenvalue weighted by atomic mass is 10.1. The van der Waals surface area contributed by atoms with Crippen LogP contribution in [0.25, 0.3) is 5.69 Å². The topological polar surface area (TPSA) is 64.0 Å². The van der Waals surface area contributed by atoms with Crippen LogP contribution in [0.3, 0.4) is 0 Å². The summed E-state index contributed by atoms with van der Waals surface area (Å²) in [6.45, 7) is 7.63. The molecule has 2 heterocycles. The summed E-state index contributed by atoms with van der Waals surface area (Å²) in [5, 5.41) is 6.25. The molecule has 7 heteroatoms. The van der Waals surface area contributed by atoms with Gasteiger partial charge in [0.2, 0.25) is 0 Å². The van der Waals surface area contributed by atoms with Crippen LogP contribution < -0.4 is 4.72 Å². The third-order valence-electron chi connectivity index (χ3n) is 4.25. The van der Waals surface area contributed by atoms with Crippen LogP contribution in [0.15, 0.2) is 46.1 Å². The standard InChI is InChI=1S/C18H21N3O2S2/c1-12-7-5-6-8-17(12)21-15(4)16(11-19-21)14(3)20-25(22,23)18-13(2)9-10-24-18/h5-11,14,20H,1-4H3/t14-/m0/s1. The molecule has 3 rings (SSSR count). The summed E-state index contributed by atoms with van der Waals surface area (Å²) in [5.41, 5.74) is 4.66. The summed E-state index contributed by atoms with van der Waals surface area (Å²) in [7, 11) is -3.54. The molecule has 2 aromatic heterocycles. The molecule has 1 aromatic carbocycles. The number of rotatable bonds is 5. The summed E-state index contributed by atoms with van der Waals surface area (Å²) in [5.74, 6) is 0. The van der Waals surface area contributed by atoms with Gasteiger partial charge in [0.15, 0.2) is 0 Å². The van der Waals surface area contributed by atoms with Crippen molar-refractivity contribution >= 4 is 21.4 Å². The van der Waals surface area contributed by atoms with Gasteiger partial charge in [0.1, 0.15) is 4.21 Å². The summed E-state index contributed by atoms with van der Waals surface area (Å²) in [6, 6.07) is 9.42. The van der Waals surface area contributed by atoms with E-state index in [0.717, 1.165) is 28.1 Å². The number of aromatic nitrogens is 2. The number of aryl methyl sites for hydroxylation is 2. The predicted octanol–water partition coefficient (Wildman–Crippen LogP) is 3.90. The summed E-state index contributed by atoms with van der Waals surface area (Å²) in [6.07, 6.45) is 1.73. The van der Waals surface area contributed by atoms with Gasteiger partial charge in [-0.15, -0.1) is 11.3 Å². The van der Waals surface area contributed by atoms with Crippen molar-refractivity contribution in [1.82, 2.24) is 14.5 Å². The lowest BCUT2D eigenvalue weighted by Gasteiger charge is -2.14. The Balaban J connectivity index is 1.91. The van der Waals surface area contributed by atoms with Crippen LogP contribution in [0.1, 0.15) is 35.3 Å². The molecule has 0 spiro atoms. The Morgan fingerprint density at radius 1 is 1.12 bits per heavy atom. The number of nitrogens with zero attached hydrogens (tertiary/aromatic N) is 2. The molecule has 132 valence electrons. The van der Waals surface area contributed by atoms with E-state index in [4.69, 9.17) is 0 Å². The minimum atomic E-state index is -3.54. The van der Waals surface area contributed by atoms with Crippen LogP contribution in [0.5, 0.6) is 0 Å². The van der Waals surface area contributed by atoms with Crippen molar-refractivity contribution in [3.63, 3.8) is 0 Å². The first-order valence-corrected chi connectivity index (χ1v) is 10.3. The monoisotopic (exact) mass is 375 g/mol. The Hall–Kier alpha value is -1.96. The molecule has 1 atom stereocenters. The molecular formula is C18H21N3O2S2. The summed E-state index contributed by atoms with van der Waals surface area (Å²) in [4.78, 5) is 0. The second kappa shape index (κ2) is 6.74. The van der Waals surface area contributed by atoms with Crippen LogP contribution in [0.2, 0.25) is 0 Å². The first kappa shape index (κ1) is 17.8. The third kappa shape index (κ3) is 3.40. The van der Waals surface area contributed by atoms with E-state index in [1.54, 1.807) is 18.5 Å². The molecule has 0 aliphatic heterocycles. The van der Waals surface area contributed by atoms with E-state index in [-0.39, 0.29) is 6.04 Å². The first-order valence-electron chi connectivity index (χ1n) is 7.98. The minimum Gasteiger partial charge on any atom is -0.238 e. The molecule has 0 aliphatic rings. The van der Waals surface area contributed by atoms with Gasteiger partial charge >= 0.3 is 0 Å². The van der Waals surface area contributed by atoms with Gasteiger partial charge in [0.25, 0.3) is 10.0 Å². The number of hydrogen-bond acceptors (Lipinski definition) is 4. The van der Waals surface area contributed by atoms with E-state index < -0.39 is 10.0 Å². The number of benzene rings is 1. The van der Waals surface area contributed by atoms with E-state index in [9.17, 15) is 8.42 Å². The molecule has 0 fully saturated rings. The van der Waals surface area contributed by atoms with E-state index in [1.165, 1.54) is 11.3 Å². The maximum absolute atomic E-state index is 12.6. The Morgan fingerprint density at radius 3 is 2.48 bits per heavy atom. The molecule has 3 aromatic rings. The highest BCUT2D eigenvalue weighted by molar-refractivity contribution is 7.91. The number of nitrogens with one attached hydrogen (secondary N) is 1. The molecule has 0 saturated carbocycles.